The molecule has 0 amide bonds. The third-order valence-corrected chi connectivity index (χ3v) is 4.42. The van der Waals surface area contributed by atoms with Crippen LogP contribution in [0.2, 0.25) is 5.15 Å². The van der Waals surface area contributed by atoms with Crippen LogP contribution in [0.4, 0.5) is 0 Å². The Morgan fingerprint density at radius 2 is 2.13 bits per heavy atom. The second kappa shape index (κ2) is 5.35. The second-order valence-electron chi connectivity index (χ2n) is 5.62. The number of nitrogens with zero attached hydrogens (tertiary/aromatic N) is 3. The molecule has 0 spiro atoms. The van der Waals surface area contributed by atoms with Crippen LogP contribution in [0.3, 0.4) is 0 Å². The van der Waals surface area contributed by atoms with E-state index in [0.29, 0.717) is 17.4 Å². The number of benzene rings is 1. The monoisotopic (exact) mass is 327 g/mol. The van der Waals surface area contributed by atoms with E-state index in [1.54, 1.807) is 31.6 Å². The molecular formula is C17H14ClN3O2. The van der Waals surface area contributed by atoms with Crippen molar-refractivity contribution in [3.63, 3.8) is 0 Å². The van der Waals surface area contributed by atoms with Crippen LogP contribution in [0.25, 0.3) is 16.6 Å². The van der Waals surface area contributed by atoms with Crippen LogP contribution in [0, 0.1) is 0 Å². The minimum atomic E-state index is -0.387. The summed E-state index contributed by atoms with van der Waals surface area (Å²) in [6.45, 7) is 0. The SMILES string of the molecule is COc1cc(C2CC2)cc2c1cnc(=O)n2-c1cccnc1Cl. The summed E-state index contributed by atoms with van der Waals surface area (Å²) in [5, 5.41) is 1.04. The number of ether oxygens (including phenoxy) is 1. The molecule has 1 aliphatic rings. The van der Waals surface area contributed by atoms with Crippen LogP contribution in [-0.4, -0.2) is 21.6 Å². The van der Waals surface area contributed by atoms with E-state index in [-0.39, 0.29) is 10.8 Å². The Balaban J connectivity index is 2.10. The minimum Gasteiger partial charge on any atom is -0.496 e. The average molecular weight is 328 g/mol. The largest absolute Gasteiger partial charge is 0.496 e. The number of hydrogen-bond donors (Lipinski definition) is 0. The molecule has 6 heteroatoms. The van der Waals surface area contributed by atoms with E-state index in [1.807, 2.05) is 12.1 Å². The third-order valence-electron chi connectivity index (χ3n) is 4.13. The maximum absolute atomic E-state index is 12.4. The lowest BCUT2D eigenvalue weighted by Gasteiger charge is -2.14. The molecule has 5 nitrogen and oxygen atoms in total. The highest BCUT2D eigenvalue weighted by Crippen LogP contribution is 2.43. The summed E-state index contributed by atoms with van der Waals surface area (Å²) in [6, 6.07) is 7.56. The van der Waals surface area contributed by atoms with Gasteiger partial charge in [-0.15, -0.1) is 0 Å². The molecule has 1 aliphatic carbocycles. The first-order valence-electron chi connectivity index (χ1n) is 7.39. The average Bonchev–Trinajstić information content (AvgIpc) is 3.39. The zero-order valence-corrected chi connectivity index (χ0v) is 13.2. The van der Waals surface area contributed by atoms with Crippen molar-refractivity contribution in [3.8, 4) is 11.4 Å². The van der Waals surface area contributed by atoms with E-state index in [0.717, 1.165) is 23.7 Å². The number of pyridine rings is 1. The molecule has 116 valence electrons. The molecule has 2 aromatic heterocycles. The Morgan fingerprint density at radius 1 is 1.30 bits per heavy atom. The molecule has 1 aromatic carbocycles. The number of methoxy groups -OCH3 is 1. The topological polar surface area (TPSA) is 57.0 Å². The van der Waals surface area contributed by atoms with Crippen LogP contribution < -0.4 is 10.4 Å². The molecule has 0 atom stereocenters. The van der Waals surface area contributed by atoms with E-state index in [4.69, 9.17) is 16.3 Å². The van der Waals surface area contributed by atoms with Crippen molar-refractivity contribution in [2.75, 3.05) is 7.11 Å². The van der Waals surface area contributed by atoms with Gasteiger partial charge < -0.3 is 4.74 Å². The van der Waals surface area contributed by atoms with Gasteiger partial charge >= 0.3 is 5.69 Å². The van der Waals surface area contributed by atoms with E-state index in [1.165, 1.54) is 10.1 Å². The highest BCUT2D eigenvalue weighted by atomic mass is 35.5. The predicted molar refractivity (Wildman–Crippen MR) is 88.7 cm³/mol. The van der Waals surface area contributed by atoms with Crippen molar-refractivity contribution >= 4 is 22.5 Å². The van der Waals surface area contributed by atoms with Crippen LogP contribution >= 0.6 is 11.6 Å². The van der Waals surface area contributed by atoms with Crippen molar-refractivity contribution in [1.29, 1.82) is 0 Å². The molecule has 0 saturated heterocycles. The van der Waals surface area contributed by atoms with Gasteiger partial charge in [0.05, 0.1) is 23.7 Å². The summed E-state index contributed by atoms with van der Waals surface area (Å²) in [7, 11) is 1.62. The Bertz CT molecular complexity index is 964. The number of halogens is 1. The van der Waals surface area contributed by atoms with Gasteiger partial charge in [0.15, 0.2) is 5.15 Å². The van der Waals surface area contributed by atoms with Crippen molar-refractivity contribution in [1.82, 2.24) is 14.5 Å². The van der Waals surface area contributed by atoms with Crippen LogP contribution in [-0.2, 0) is 0 Å². The summed E-state index contributed by atoms with van der Waals surface area (Å²) >= 11 is 6.19. The quantitative estimate of drug-likeness (QED) is 0.692. The van der Waals surface area contributed by atoms with Gasteiger partial charge in [-0.3, -0.25) is 4.57 Å². The third kappa shape index (κ3) is 2.37. The first-order chi connectivity index (χ1) is 11.2. The lowest BCUT2D eigenvalue weighted by atomic mass is 10.1. The van der Waals surface area contributed by atoms with Crippen molar-refractivity contribution in [2.45, 2.75) is 18.8 Å². The zero-order chi connectivity index (χ0) is 16.0. The Kier molecular flexibility index (Phi) is 3.31. The lowest BCUT2D eigenvalue weighted by molar-refractivity contribution is 0.419. The molecule has 1 fully saturated rings. The number of rotatable bonds is 3. The zero-order valence-electron chi connectivity index (χ0n) is 12.5. The lowest BCUT2D eigenvalue weighted by Crippen LogP contribution is -2.22. The highest BCUT2D eigenvalue weighted by Gasteiger charge is 2.25. The van der Waals surface area contributed by atoms with Gasteiger partial charge in [0.1, 0.15) is 5.75 Å². The van der Waals surface area contributed by atoms with Crippen LogP contribution in [0.5, 0.6) is 5.75 Å². The number of aromatic nitrogens is 3. The standard InChI is InChI=1S/C17H14ClN3O2/c1-23-15-8-11(10-4-5-10)7-14-12(15)9-20-17(22)21(14)13-3-2-6-19-16(13)18/h2-3,6-10H,4-5H2,1H3. The first kappa shape index (κ1) is 14.2. The first-order valence-corrected chi connectivity index (χ1v) is 7.77. The predicted octanol–water partition coefficient (Wildman–Crippen LogP) is 3.32. The molecular weight excluding hydrogens is 314 g/mol. The van der Waals surface area contributed by atoms with Gasteiger partial charge in [-0.05, 0) is 48.6 Å². The Hall–Kier alpha value is -2.40. The Morgan fingerprint density at radius 3 is 2.83 bits per heavy atom. The van der Waals surface area contributed by atoms with Gasteiger partial charge in [0.25, 0.3) is 0 Å². The maximum Gasteiger partial charge on any atom is 0.352 e. The van der Waals surface area contributed by atoms with Gasteiger partial charge in [0, 0.05) is 12.4 Å². The van der Waals surface area contributed by atoms with Crippen LogP contribution in [0.1, 0.15) is 24.3 Å². The van der Waals surface area contributed by atoms with E-state index in [9.17, 15) is 4.79 Å². The molecule has 0 unspecified atom stereocenters. The molecule has 0 aliphatic heterocycles. The second-order valence-corrected chi connectivity index (χ2v) is 5.98. The molecule has 0 radical (unpaired) electrons. The molecule has 2 heterocycles. The van der Waals surface area contributed by atoms with Crippen molar-refractivity contribution < 1.29 is 4.74 Å². The molecule has 4 rings (SSSR count). The maximum atomic E-state index is 12.4. The number of hydrogen-bond acceptors (Lipinski definition) is 4. The van der Waals surface area contributed by atoms with Gasteiger partial charge in [0.2, 0.25) is 0 Å². The molecule has 3 aromatic rings. The van der Waals surface area contributed by atoms with Gasteiger partial charge in [-0.2, -0.15) is 0 Å². The normalized spacial score (nSPS) is 14.2. The molecule has 23 heavy (non-hydrogen) atoms. The summed E-state index contributed by atoms with van der Waals surface area (Å²) in [6.07, 6.45) is 5.47. The van der Waals surface area contributed by atoms with E-state index < -0.39 is 0 Å². The summed E-state index contributed by atoms with van der Waals surface area (Å²) in [5.41, 5.74) is 2.05. The molecule has 1 saturated carbocycles. The van der Waals surface area contributed by atoms with E-state index in [2.05, 4.69) is 9.97 Å². The smallest absolute Gasteiger partial charge is 0.352 e. The van der Waals surface area contributed by atoms with Crippen molar-refractivity contribution in [3.05, 3.63) is 57.9 Å². The fourth-order valence-corrected chi connectivity index (χ4v) is 3.03. The fraction of sp³-hybridized carbons (Fsp3) is 0.235. The van der Waals surface area contributed by atoms with Gasteiger partial charge in [-0.1, -0.05) is 11.6 Å². The summed E-state index contributed by atoms with van der Waals surface area (Å²) in [4.78, 5) is 20.4. The Labute approximate surface area is 137 Å². The molecule has 0 N–H and O–H groups in total. The van der Waals surface area contributed by atoms with E-state index >= 15 is 0 Å². The van der Waals surface area contributed by atoms with Gasteiger partial charge in [-0.25, -0.2) is 14.8 Å². The fourth-order valence-electron chi connectivity index (χ4n) is 2.83. The summed E-state index contributed by atoms with van der Waals surface area (Å²) in [5.74, 6) is 1.25. The number of fused-ring (bicyclic) bond motifs is 1. The molecule has 0 bridgehead atoms. The van der Waals surface area contributed by atoms with Crippen LogP contribution in [0.15, 0.2) is 41.5 Å². The highest BCUT2D eigenvalue weighted by molar-refractivity contribution is 6.31. The van der Waals surface area contributed by atoms with Crippen molar-refractivity contribution in [2.24, 2.45) is 0 Å². The minimum absolute atomic E-state index is 0.264. The summed E-state index contributed by atoms with van der Waals surface area (Å²) < 4.78 is 7.00.